The Morgan fingerprint density at radius 1 is 1.25 bits per heavy atom. The molecule has 0 aliphatic heterocycles. The van der Waals surface area contributed by atoms with Gasteiger partial charge in [0.05, 0.1) is 11.5 Å². The third-order valence-corrected chi connectivity index (χ3v) is 4.62. The molecule has 3 rings (SSSR count). The number of halogens is 1. The molecule has 0 fully saturated rings. The first-order valence-corrected chi connectivity index (χ1v) is 7.27. The van der Waals surface area contributed by atoms with Crippen LogP contribution >= 0.6 is 11.6 Å². The first-order chi connectivity index (χ1) is 9.64. The SMILES string of the molecule is Cc1ccc(CC2(C#N)CCc3ccccc32)c(Cl)c1. The summed E-state index contributed by atoms with van der Waals surface area (Å²) in [5.74, 6) is 0. The van der Waals surface area contributed by atoms with Gasteiger partial charge in [-0.1, -0.05) is 48.0 Å². The molecule has 100 valence electrons. The van der Waals surface area contributed by atoms with Crippen molar-refractivity contribution < 1.29 is 0 Å². The van der Waals surface area contributed by atoms with Crippen molar-refractivity contribution in [3.63, 3.8) is 0 Å². The molecule has 0 radical (unpaired) electrons. The average Bonchev–Trinajstić information content (AvgIpc) is 2.82. The van der Waals surface area contributed by atoms with Crippen LogP contribution in [-0.4, -0.2) is 0 Å². The molecule has 0 heterocycles. The van der Waals surface area contributed by atoms with Gasteiger partial charge in [-0.2, -0.15) is 5.26 Å². The Balaban J connectivity index is 2.02. The molecular formula is C18H16ClN. The van der Waals surface area contributed by atoms with E-state index >= 15 is 0 Å². The van der Waals surface area contributed by atoms with Gasteiger partial charge in [0.2, 0.25) is 0 Å². The lowest BCUT2D eigenvalue weighted by Gasteiger charge is -2.23. The number of aryl methyl sites for hydroxylation is 2. The Labute approximate surface area is 124 Å². The molecule has 0 amide bonds. The molecule has 0 aromatic heterocycles. The zero-order valence-electron chi connectivity index (χ0n) is 11.5. The molecule has 1 unspecified atom stereocenters. The lowest BCUT2D eigenvalue weighted by atomic mass is 9.78. The second-order valence-corrected chi connectivity index (χ2v) is 6.03. The van der Waals surface area contributed by atoms with Crippen LogP contribution in [0.2, 0.25) is 5.02 Å². The van der Waals surface area contributed by atoms with E-state index in [9.17, 15) is 5.26 Å². The predicted molar refractivity (Wildman–Crippen MR) is 81.9 cm³/mol. The third-order valence-electron chi connectivity index (χ3n) is 4.27. The molecule has 2 aromatic carbocycles. The van der Waals surface area contributed by atoms with Gasteiger partial charge in [-0.3, -0.25) is 0 Å². The molecule has 1 nitrogen and oxygen atoms in total. The summed E-state index contributed by atoms with van der Waals surface area (Å²) >= 11 is 6.34. The summed E-state index contributed by atoms with van der Waals surface area (Å²) in [6, 6.07) is 16.9. The van der Waals surface area contributed by atoms with Crippen molar-refractivity contribution in [2.75, 3.05) is 0 Å². The van der Waals surface area contributed by atoms with E-state index in [1.807, 2.05) is 25.1 Å². The van der Waals surface area contributed by atoms with Crippen LogP contribution in [0.25, 0.3) is 0 Å². The van der Waals surface area contributed by atoms with E-state index in [1.54, 1.807) is 0 Å². The van der Waals surface area contributed by atoms with Gasteiger partial charge >= 0.3 is 0 Å². The molecule has 0 bridgehead atoms. The second kappa shape index (κ2) is 4.96. The molecule has 0 spiro atoms. The third kappa shape index (κ3) is 2.11. The molecule has 20 heavy (non-hydrogen) atoms. The van der Waals surface area contributed by atoms with Gasteiger partial charge in [0.15, 0.2) is 0 Å². The molecule has 1 aliphatic rings. The fraction of sp³-hybridized carbons (Fsp3) is 0.278. The zero-order valence-corrected chi connectivity index (χ0v) is 12.2. The summed E-state index contributed by atoms with van der Waals surface area (Å²) in [5.41, 5.74) is 4.28. The topological polar surface area (TPSA) is 23.8 Å². The van der Waals surface area contributed by atoms with Crippen LogP contribution in [-0.2, 0) is 18.3 Å². The van der Waals surface area contributed by atoms with Gasteiger partial charge in [0.1, 0.15) is 0 Å². The summed E-state index contributed by atoms with van der Waals surface area (Å²) in [7, 11) is 0. The van der Waals surface area contributed by atoms with Crippen LogP contribution in [0.4, 0.5) is 0 Å². The van der Waals surface area contributed by atoms with Crippen molar-refractivity contribution in [3.8, 4) is 6.07 Å². The standard InChI is InChI=1S/C18H16ClN/c1-13-6-7-15(17(19)10-13)11-18(12-20)9-8-14-4-2-3-5-16(14)18/h2-7,10H,8-9,11H2,1H3. The molecule has 0 saturated heterocycles. The van der Waals surface area contributed by atoms with Crippen LogP contribution < -0.4 is 0 Å². The highest BCUT2D eigenvalue weighted by Crippen LogP contribution is 2.42. The highest BCUT2D eigenvalue weighted by atomic mass is 35.5. The Morgan fingerprint density at radius 3 is 2.80 bits per heavy atom. The zero-order chi connectivity index (χ0) is 14.2. The quantitative estimate of drug-likeness (QED) is 0.789. The fourth-order valence-electron chi connectivity index (χ4n) is 3.15. The van der Waals surface area contributed by atoms with E-state index < -0.39 is 5.41 Å². The Hall–Kier alpha value is -1.78. The van der Waals surface area contributed by atoms with E-state index in [-0.39, 0.29) is 0 Å². The van der Waals surface area contributed by atoms with E-state index in [0.29, 0.717) is 6.42 Å². The van der Waals surface area contributed by atoms with E-state index in [4.69, 9.17) is 11.6 Å². The van der Waals surface area contributed by atoms with E-state index in [0.717, 1.165) is 29.0 Å². The normalized spacial score (nSPS) is 20.4. The van der Waals surface area contributed by atoms with E-state index in [1.165, 1.54) is 11.1 Å². The van der Waals surface area contributed by atoms with Crippen LogP contribution in [0, 0.1) is 18.3 Å². The monoisotopic (exact) mass is 281 g/mol. The van der Waals surface area contributed by atoms with Crippen molar-refractivity contribution in [2.45, 2.75) is 31.6 Å². The first kappa shape index (κ1) is 13.2. The maximum absolute atomic E-state index is 9.78. The van der Waals surface area contributed by atoms with Gasteiger partial charge in [0, 0.05) is 5.02 Å². The lowest BCUT2D eigenvalue weighted by Crippen LogP contribution is -2.24. The highest BCUT2D eigenvalue weighted by molar-refractivity contribution is 6.31. The molecule has 2 heteroatoms. The Morgan fingerprint density at radius 2 is 2.05 bits per heavy atom. The minimum atomic E-state index is -0.421. The predicted octanol–water partition coefficient (Wildman–Crippen LogP) is 4.60. The number of nitrogens with zero attached hydrogens (tertiary/aromatic N) is 1. The Bertz CT molecular complexity index is 699. The second-order valence-electron chi connectivity index (χ2n) is 5.62. The van der Waals surface area contributed by atoms with Crippen LogP contribution in [0.1, 0.15) is 28.7 Å². The summed E-state index contributed by atoms with van der Waals surface area (Å²) in [6.45, 7) is 2.03. The number of rotatable bonds is 2. The highest BCUT2D eigenvalue weighted by Gasteiger charge is 2.39. The smallest absolute Gasteiger partial charge is 0.0868 e. The van der Waals surface area contributed by atoms with Crippen molar-refractivity contribution in [2.24, 2.45) is 0 Å². The maximum Gasteiger partial charge on any atom is 0.0868 e. The van der Waals surface area contributed by atoms with Gasteiger partial charge in [-0.05, 0) is 54.5 Å². The minimum absolute atomic E-state index is 0.421. The largest absolute Gasteiger partial charge is 0.197 e. The van der Waals surface area contributed by atoms with Crippen molar-refractivity contribution in [3.05, 3.63) is 69.7 Å². The van der Waals surface area contributed by atoms with Crippen LogP contribution in [0.3, 0.4) is 0 Å². The van der Waals surface area contributed by atoms with Crippen molar-refractivity contribution >= 4 is 11.6 Å². The maximum atomic E-state index is 9.78. The molecule has 0 N–H and O–H groups in total. The van der Waals surface area contributed by atoms with Crippen LogP contribution in [0.15, 0.2) is 42.5 Å². The van der Waals surface area contributed by atoms with E-state index in [2.05, 4.69) is 30.3 Å². The number of hydrogen-bond acceptors (Lipinski definition) is 1. The number of hydrogen-bond donors (Lipinski definition) is 0. The summed E-state index contributed by atoms with van der Waals surface area (Å²) in [4.78, 5) is 0. The van der Waals surface area contributed by atoms with Crippen molar-refractivity contribution in [1.82, 2.24) is 0 Å². The van der Waals surface area contributed by atoms with Gasteiger partial charge in [-0.15, -0.1) is 0 Å². The first-order valence-electron chi connectivity index (χ1n) is 6.89. The summed E-state index contributed by atoms with van der Waals surface area (Å²) in [6.07, 6.45) is 2.56. The summed E-state index contributed by atoms with van der Waals surface area (Å²) in [5, 5.41) is 10.5. The lowest BCUT2D eigenvalue weighted by molar-refractivity contribution is 0.541. The number of benzene rings is 2. The molecule has 2 aromatic rings. The number of nitriles is 1. The minimum Gasteiger partial charge on any atom is -0.197 e. The van der Waals surface area contributed by atoms with Gasteiger partial charge in [0.25, 0.3) is 0 Å². The van der Waals surface area contributed by atoms with Gasteiger partial charge in [-0.25, -0.2) is 0 Å². The Kier molecular flexibility index (Phi) is 3.28. The van der Waals surface area contributed by atoms with Crippen LogP contribution in [0.5, 0.6) is 0 Å². The number of fused-ring (bicyclic) bond motifs is 1. The molecule has 0 saturated carbocycles. The van der Waals surface area contributed by atoms with Crippen molar-refractivity contribution in [1.29, 1.82) is 5.26 Å². The molecule has 1 atom stereocenters. The molecular weight excluding hydrogens is 266 g/mol. The summed E-state index contributed by atoms with van der Waals surface area (Å²) < 4.78 is 0. The van der Waals surface area contributed by atoms with Gasteiger partial charge < -0.3 is 0 Å². The average molecular weight is 282 g/mol. The molecule has 1 aliphatic carbocycles. The fourth-order valence-corrected chi connectivity index (χ4v) is 3.45.